The van der Waals surface area contributed by atoms with Gasteiger partial charge in [0.15, 0.2) is 0 Å². The maximum atomic E-state index is 14.2. The van der Waals surface area contributed by atoms with Gasteiger partial charge in [0.2, 0.25) is 0 Å². The molecule has 0 saturated heterocycles. The second-order valence-electron chi connectivity index (χ2n) is 5.35. The molecule has 0 aromatic heterocycles. The van der Waals surface area contributed by atoms with E-state index in [2.05, 4.69) is 21.2 Å². The van der Waals surface area contributed by atoms with Crippen LogP contribution in [0.3, 0.4) is 0 Å². The van der Waals surface area contributed by atoms with Gasteiger partial charge in [-0.2, -0.15) is 0 Å². The molecule has 0 aliphatic heterocycles. The van der Waals surface area contributed by atoms with Crippen molar-refractivity contribution in [2.45, 2.75) is 26.4 Å². The number of nitrogens with zero attached hydrogens (tertiary/aromatic N) is 1. The summed E-state index contributed by atoms with van der Waals surface area (Å²) in [7, 11) is 1.90. The first kappa shape index (κ1) is 15.8. The summed E-state index contributed by atoms with van der Waals surface area (Å²) in [5.41, 5.74) is 2.56. The monoisotopic (exact) mass is 350 g/mol. The van der Waals surface area contributed by atoms with Gasteiger partial charge < -0.3 is 10.2 Å². The first-order chi connectivity index (χ1) is 9.97. The average Bonchev–Trinajstić information content (AvgIpc) is 2.44. The van der Waals surface area contributed by atoms with Crippen molar-refractivity contribution in [2.75, 3.05) is 17.3 Å². The third-order valence-corrected chi connectivity index (χ3v) is 3.98. The van der Waals surface area contributed by atoms with Crippen LogP contribution in [0.1, 0.15) is 19.4 Å². The van der Waals surface area contributed by atoms with E-state index in [1.54, 1.807) is 6.07 Å². The molecule has 21 heavy (non-hydrogen) atoms. The third kappa shape index (κ3) is 4.21. The molecular formula is C17H20BrFN2. The van der Waals surface area contributed by atoms with Crippen LogP contribution in [0.25, 0.3) is 0 Å². The van der Waals surface area contributed by atoms with Crippen molar-refractivity contribution in [3.05, 3.63) is 58.3 Å². The van der Waals surface area contributed by atoms with Crippen molar-refractivity contribution in [3.63, 3.8) is 0 Å². The van der Waals surface area contributed by atoms with E-state index >= 15 is 0 Å². The summed E-state index contributed by atoms with van der Waals surface area (Å²) in [6.07, 6.45) is 0. The van der Waals surface area contributed by atoms with Gasteiger partial charge in [-0.05, 0) is 49.7 Å². The van der Waals surface area contributed by atoms with Crippen molar-refractivity contribution in [2.24, 2.45) is 0 Å². The van der Waals surface area contributed by atoms with Crippen LogP contribution in [0.4, 0.5) is 15.8 Å². The van der Waals surface area contributed by atoms with E-state index in [1.807, 2.05) is 62.2 Å². The summed E-state index contributed by atoms with van der Waals surface area (Å²) in [6, 6.07) is 13.6. The van der Waals surface area contributed by atoms with Crippen molar-refractivity contribution in [3.8, 4) is 0 Å². The number of rotatable bonds is 5. The standard InChI is InChI=1S/C17H20BrFN2/c1-12(2)21(3)17-8-7-15(10-16(17)19)20-11-13-5-4-6-14(18)9-13/h4-10,12,20H,11H2,1-3H3. The van der Waals surface area contributed by atoms with E-state index in [1.165, 1.54) is 0 Å². The second kappa shape index (κ2) is 6.94. The average molecular weight is 351 g/mol. The number of anilines is 2. The maximum Gasteiger partial charge on any atom is 0.148 e. The molecule has 0 amide bonds. The van der Waals surface area contributed by atoms with Gasteiger partial charge in [0.25, 0.3) is 0 Å². The lowest BCUT2D eigenvalue weighted by Crippen LogP contribution is -2.26. The van der Waals surface area contributed by atoms with E-state index in [-0.39, 0.29) is 11.9 Å². The molecule has 4 heteroatoms. The van der Waals surface area contributed by atoms with Gasteiger partial charge in [0.1, 0.15) is 5.82 Å². The molecule has 2 aromatic rings. The molecule has 0 aliphatic carbocycles. The molecule has 2 aromatic carbocycles. The van der Waals surface area contributed by atoms with Gasteiger partial charge in [0, 0.05) is 29.8 Å². The van der Waals surface area contributed by atoms with Gasteiger partial charge in [-0.15, -0.1) is 0 Å². The number of nitrogens with one attached hydrogen (secondary N) is 1. The number of hydrogen-bond donors (Lipinski definition) is 1. The molecule has 2 nitrogen and oxygen atoms in total. The molecule has 0 saturated carbocycles. The van der Waals surface area contributed by atoms with Crippen LogP contribution in [-0.4, -0.2) is 13.1 Å². The Balaban J connectivity index is 2.07. The molecule has 0 unspecified atom stereocenters. The molecule has 0 spiro atoms. The predicted molar refractivity (Wildman–Crippen MR) is 91.4 cm³/mol. The number of halogens is 2. The molecule has 1 N–H and O–H groups in total. The first-order valence-corrected chi connectivity index (χ1v) is 7.77. The van der Waals surface area contributed by atoms with E-state index in [0.717, 1.165) is 15.7 Å². The molecule has 0 heterocycles. The van der Waals surface area contributed by atoms with Gasteiger partial charge >= 0.3 is 0 Å². The van der Waals surface area contributed by atoms with Crippen molar-refractivity contribution in [1.29, 1.82) is 0 Å². The van der Waals surface area contributed by atoms with Crippen LogP contribution >= 0.6 is 15.9 Å². The Bertz CT molecular complexity index is 613. The molecular weight excluding hydrogens is 331 g/mol. The minimum absolute atomic E-state index is 0.203. The fraction of sp³-hybridized carbons (Fsp3) is 0.294. The molecule has 112 valence electrons. The highest BCUT2D eigenvalue weighted by molar-refractivity contribution is 9.10. The fourth-order valence-electron chi connectivity index (χ4n) is 2.03. The Kier molecular flexibility index (Phi) is 5.23. The zero-order chi connectivity index (χ0) is 15.4. The Morgan fingerprint density at radius 1 is 1.19 bits per heavy atom. The maximum absolute atomic E-state index is 14.2. The summed E-state index contributed by atoms with van der Waals surface area (Å²) in [6.45, 7) is 4.75. The summed E-state index contributed by atoms with van der Waals surface area (Å²) in [5.74, 6) is -0.203. The van der Waals surface area contributed by atoms with Crippen LogP contribution in [0.5, 0.6) is 0 Å². The lowest BCUT2D eigenvalue weighted by molar-refractivity contribution is 0.614. The summed E-state index contributed by atoms with van der Waals surface area (Å²) in [5, 5.41) is 3.25. The molecule has 0 bridgehead atoms. The highest BCUT2D eigenvalue weighted by Crippen LogP contribution is 2.24. The Morgan fingerprint density at radius 3 is 2.57 bits per heavy atom. The molecule has 0 aliphatic rings. The quantitative estimate of drug-likeness (QED) is 0.811. The van der Waals surface area contributed by atoms with Crippen LogP contribution in [-0.2, 0) is 6.54 Å². The molecule has 0 radical (unpaired) electrons. The second-order valence-corrected chi connectivity index (χ2v) is 6.27. The van der Waals surface area contributed by atoms with Crippen molar-refractivity contribution in [1.82, 2.24) is 0 Å². The minimum Gasteiger partial charge on any atom is -0.381 e. The van der Waals surface area contributed by atoms with Crippen LogP contribution in [0.15, 0.2) is 46.9 Å². The first-order valence-electron chi connectivity index (χ1n) is 6.98. The normalized spacial score (nSPS) is 10.8. The number of benzene rings is 2. The zero-order valence-corrected chi connectivity index (χ0v) is 14.1. The van der Waals surface area contributed by atoms with E-state index in [4.69, 9.17) is 0 Å². The summed E-state index contributed by atoms with van der Waals surface area (Å²) < 4.78 is 15.2. The topological polar surface area (TPSA) is 15.3 Å². The van der Waals surface area contributed by atoms with Crippen molar-refractivity contribution < 1.29 is 4.39 Å². The lowest BCUT2D eigenvalue weighted by atomic mass is 10.2. The Labute approximate surface area is 134 Å². The highest BCUT2D eigenvalue weighted by atomic mass is 79.9. The van der Waals surface area contributed by atoms with Gasteiger partial charge in [0.05, 0.1) is 5.69 Å². The van der Waals surface area contributed by atoms with Crippen LogP contribution in [0.2, 0.25) is 0 Å². The largest absolute Gasteiger partial charge is 0.381 e. The van der Waals surface area contributed by atoms with E-state index < -0.39 is 0 Å². The Morgan fingerprint density at radius 2 is 1.95 bits per heavy atom. The Hall–Kier alpha value is -1.55. The van der Waals surface area contributed by atoms with Gasteiger partial charge in [-0.1, -0.05) is 28.1 Å². The zero-order valence-electron chi connectivity index (χ0n) is 12.5. The van der Waals surface area contributed by atoms with Crippen LogP contribution in [0, 0.1) is 5.82 Å². The highest BCUT2D eigenvalue weighted by Gasteiger charge is 2.10. The molecule has 0 atom stereocenters. The predicted octanol–water partition coefficient (Wildman–Crippen LogP) is 5.04. The van der Waals surface area contributed by atoms with E-state index in [0.29, 0.717) is 12.2 Å². The van der Waals surface area contributed by atoms with E-state index in [9.17, 15) is 4.39 Å². The number of hydrogen-bond acceptors (Lipinski definition) is 2. The third-order valence-electron chi connectivity index (χ3n) is 3.49. The SMILES string of the molecule is CC(C)N(C)c1ccc(NCc2cccc(Br)c2)cc1F. The minimum atomic E-state index is -0.203. The lowest BCUT2D eigenvalue weighted by Gasteiger charge is -2.24. The molecule has 2 rings (SSSR count). The van der Waals surface area contributed by atoms with Gasteiger partial charge in [-0.25, -0.2) is 4.39 Å². The summed E-state index contributed by atoms with van der Waals surface area (Å²) in [4.78, 5) is 1.92. The fourth-order valence-corrected chi connectivity index (χ4v) is 2.48. The smallest absolute Gasteiger partial charge is 0.148 e. The van der Waals surface area contributed by atoms with Crippen LogP contribution < -0.4 is 10.2 Å². The van der Waals surface area contributed by atoms with Crippen molar-refractivity contribution >= 4 is 27.3 Å². The molecule has 0 fully saturated rings. The summed E-state index contributed by atoms with van der Waals surface area (Å²) >= 11 is 3.45. The van der Waals surface area contributed by atoms with Gasteiger partial charge in [-0.3, -0.25) is 0 Å².